The number of halogens is 1. The lowest BCUT2D eigenvalue weighted by Crippen LogP contribution is -2.48. The van der Waals surface area contributed by atoms with Crippen LogP contribution in [0.15, 0.2) is 18.2 Å². The molecule has 0 bridgehead atoms. The number of carbonyl (C=O) groups is 1. The van der Waals surface area contributed by atoms with Gasteiger partial charge in [-0.3, -0.25) is 14.9 Å². The third-order valence-corrected chi connectivity index (χ3v) is 3.43. The summed E-state index contributed by atoms with van der Waals surface area (Å²) in [7, 11) is 0. The maximum absolute atomic E-state index is 11.2. The molecule has 1 amide bonds. The van der Waals surface area contributed by atoms with Crippen LogP contribution in [-0.2, 0) is 4.79 Å². The molecule has 1 aromatic rings. The fourth-order valence-electron chi connectivity index (χ4n) is 2.17. The van der Waals surface area contributed by atoms with Gasteiger partial charge >= 0.3 is 0 Å². The summed E-state index contributed by atoms with van der Waals surface area (Å²) in [6.07, 6.45) is 0. The van der Waals surface area contributed by atoms with Crippen molar-refractivity contribution in [3.8, 4) is 0 Å². The summed E-state index contributed by atoms with van der Waals surface area (Å²) in [6.45, 7) is 3.86. The normalized spacial score (nSPS) is 15.5. The first kappa shape index (κ1) is 13.6. The molecule has 1 aliphatic rings. The van der Waals surface area contributed by atoms with Crippen molar-refractivity contribution in [2.45, 2.75) is 6.92 Å². The van der Waals surface area contributed by atoms with E-state index in [1.807, 2.05) is 4.90 Å². The second kappa shape index (κ2) is 5.44. The predicted octanol–water partition coefficient (Wildman–Crippen LogP) is 1.92. The van der Waals surface area contributed by atoms with E-state index in [9.17, 15) is 14.9 Å². The molecule has 0 N–H and O–H groups in total. The molecule has 0 aromatic heterocycles. The van der Waals surface area contributed by atoms with E-state index < -0.39 is 4.92 Å². The lowest BCUT2D eigenvalue weighted by Gasteiger charge is -2.35. The molecule has 2 rings (SSSR count). The minimum atomic E-state index is -0.432. The summed E-state index contributed by atoms with van der Waals surface area (Å²) < 4.78 is 0. The molecule has 0 aliphatic carbocycles. The summed E-state index contributed by atoms with van der Waals surface area (Å²) >= 11 is 5.79. The van der Waals surface area contributed by atoms with Crippen molar-refractivity contribution >= 4 is 28.9 Å². The minimum Gasteiger partial charge on any atom is -0.362 e. The Morgan fingerprint density at radius 3 is 2.47 bits per heavy atom. The number of rotatable bonds is 2. The van der Waals surface area contributed by atoms with E-state index in [0.29, 0.717) is 36.9 Å². The van der Waals surface area contributed by atoms with E-state index in [-0.39, 0.29) is 11.6 Å². The molecule has 0 radical (unpaired) electrons. The monoisotopic (exact) mass is 283 g/mol. The van der Waals surface area contributed by atoms with Crippen LogP contribution in [0.25, 0.3) is 0 Å². The average molecular weight is 284 g/mol. The zero-order valence-corrected chi connectivity index (χ0v) is 11.3. The molecule has 0 spiro atoms. The Bertz CT molecular complexity index is 513. The van der Waals surface area contributed by atoms with E-state index in [0.717, 1.165) is 0 Å². The Morgan fingerprint density at radius 2 is 1.95 bits per heavy atom. The number of anilines is 1. The lowest BCUT2D eigenvalue weighted by atomic mass is 10.2. The van der Waals surface area contributed by atoms with Gasteiger partial charge in [-0.2, -0.15) is 0 Å². The fraction of sp³-hybridized carbons (Fsp3) is 0.417. The zero-order chi connectivity index (χ0) is 14.0. The van der Waals surface area contributed by atoms with E-state index in [2.05, 4.69) is 0 Å². The summed E-state index contributed by atoms with van der Waals surface area (Å²) in [5.41, 5.74) is 0.557. The number of carbonyl (C=O) groups excluding carboxylic acids is 1. The Hall–Kier alpha value is -1.82. The van der Waals surface area contributed by atoms with Gasteiger partial charge in [0.1, 0.15) is 5.69 Å². The van der Waals surface area contributed by atoms with Crippen molar-refractivity contribution in [1.82, 2.24) is 4.90 Å². The number of hydrogen-bond donors (Lipinski definition) is 0. The number of amides is 1. The number of piperazine rings is 1. The SMILES string of the molecule is CC(=O)N1CCN(c2ccc(Cl)cc2[N+](=O)[O-])CC1. The number of nitro benzene ring substituents is 1. The highest BCUT2D eigenvalue weighted by molar-refractivity contribution is 6.30. The van der Waals surface area contributed by atoms with Crippen LogP contribution in [0, 0.1) is 10.1 Å². The second-order valence-corrected chi connectivity index (χ2v) is 4.82. The first-order valence-electron chi connectivity index (χ1n) is 5.93. The van der Waals surface area contributed by atoms with Crippen molar-refractivity contribution in [2.75, 3.05) is 31.1 Å². The first-order valence-corrected chi connectivity index (χ1v) is 6.31. The molecule has 1 saturated heterocycles. The second-order valence-electron chi connectivity index (χ2n) is 4.38. The summed E-state index contributed by atoms with van der Waals surface area (Å²) in [5, 5.41) is 11.4. The number of nitro groups is 1. The third-order valence-electron chi connectivity index (χ3n) is 3.20. The van der Waals surface area contributed by atoms with Crippen LogP contribution in [0.4, 0.5) is 11.4 Å². The molecule has 1 aromatic carbocycles. The van der Waals surface area contributed by atoms with Crippen molar-refractivity contribution in [3.05, 3.63) is 33.3 Å². The number of hydrogen-bond acceptors (Lipinski definition) is 4. The van der Waals surface area contributed by atoms with Gasteiger partial charge in [-0.1, -0.05) is 11.6 Å². The molecule has 1 fully saturated rings. The van der Waals surface area contributed by atoms with E-state index >= 15 is 0 Å². The largest absolute Gasteiger partial charge is 0.362 e. The van der Waals surface area contributed by atoms with E-state index in [4.69, 9.17) is 11.6 Å². The van der Waals surface area contributed by atoms with E-state index in [1.165, 1.54) is 13.0 Å². The number of benzene rings is 1. The molecule has 7 heteroatoms. The van der Waals surface area contributed by atoms with Gasteiger partial charge in [-0.05, 0) is 12.1 Å². The van der Waals surface area contributed by atoms with Crippen LogP contribution in [0.5, 0.6) is 0 Å². The van der Waals surface area contributed by atoms with Gasteiger partial charge in [0.15, 0.2) is 0 Å². The molecular weight excluding hydrogens is 270 g/mol. The molecule has 1 aliphatic heterocycles. The summed E-state index contributed by atoms with van der Waals surface area (Å²) in [5.74, 6) is 0.0326. The minimum absolute atomic E-state index is 0.00350. The van der Waals surface area contributed by atoms with Gasteiger partial charge in [0.2, 0.25) is 5.91 Å². The van der Waals surface area contributed by atoms with Gasteiger partial charge in [0, 0.05) is 44.2 Å². The Balaban J connectivity index is 2.20. The summed E-state index contributed by atoms with van der Waals surface area (Å²) in [6, 6.07) is 4.65. The van der Waals surface area contributed by atoms with Gasteiger partial charge in [0.05, 0.1) is 4.92 Å². The highest BCUT2D eigenvalue weighted by Gasteiger charge is 2.24. The smallest absolute Gasteiger partial charge is 0.294 e. The van der Waals surface area contributed by atoms with Crippen molar-refractivity contribution in [2.24, 2.45) is 0 Å². The molecule has 0 saturated carbocycles. The molecule has 0 unspecified atom stereocenters. The Labute approximate surface area is 115 Å². The highest BCUT2D eigenvalue weighted by Crippen LogP contribution is 2.31. The van der Waals surface area contributed by atoms with Gasteiger partial charge in [0.25, 0.3) is 5.69 Å². The zero-order valence-electron chi connectivity index (χ0n) is 10.5. The average Bonchev–Trinajstić information content (AvgIpc) is 2.38. The lowest BCUT2D eigenvalue weighted by molar-refractivity contribution is -0.384. The molecule has 19 heavy (non-hydrogen) atoms. The maximum atomic E-state index is 11.2. The standard InChI is InChI=1S/C12H14ClN3O3/c1-9(17)14-4-6-15(7-5-14)11-3-2-10(13)8-12(11)16(18)19/h2-3,8H,4-7H2,1H3. The van der Waals surface area contributed by atoms with Crippen LogP contribution < -0.4 is 4.90 Å². The topological polar surface area (TPSA) is 66.7 Å². The molecule has 102 valence electrons. The molecule has 0 atom stereocenters. The molecule has 6 nitrogen and oxygen atoms in total. The first-order chi connectivity index (χ1) is 8.99. The number of nitrogens with zero attached hydrogens (tertiary/aromatic N) is 3. The predicted molar refractivity (Wildman–Crippen MR) is 72.6 cm³/mol. The highest BCUT2D eigenvalue weighted by atomic mass is 35.5. The van der Waals surface area contributed by atoms with Crippen LogP contribution in [0.2, 0.25) is 5.02 Å². The fourth-order valence-corrected chi connectivity index (χ4v) is 2.34. The van der Waals surface area contributed by atoms with Gasteiger partial charge in [-0.15, -0.1) is 0 Å². The van der Waals surface area contributed by atoms with E-state index in [1.54, 1.807) is 17.0 Å². The summed E-state index contributed by atoms with van der Waals surface area (Å²) in [4.78, 5) is 25.5. The van der Waals surface area contributed by atoms with Crippen LogP contribution in [0.1, 0.15) is 6.92 Å². The van der Waals surface area contributed by atoms with Crippen LogP contribution >= 0.6 is 11.6 Å². The molecular formula is C12H14ClN3O3. The quantitative estimate of drug-likeness (QED) is 0.614. The Morgan fingerprint density at radius 1 is 1.32 bits per heavy atom. The van der Waals surface area contributed by atoms with Crippen molar-refractivity contribution < 1.29 is 9.72 Å². The maximum Gasteiger partial charge on any atom is 0.294 e. The van der Waals surface area contributed by atoms with Crippen LogP contribution in [0.3, 0.4) is 0 Å². The molecule has 1 heterocycles. The van der Waals surface area contributed by atoms with Gasteiger partial charge in [-0.25, -0.2) is 0 Å². The Kier molecular flexibility index (Phi) is 3.90. The van der Waals surface area contributed by atoms with Crippen molar-refractivity contribution in [1.29, 1.82) is 0 Å². The van der Waals surface area contributed by atoms with Gasteiger partial charge < -0.3 is 9.80 Å². The van der Waals surface area contributed by atoms with Crippen molar-refractivity contribution in [3.63, 3.8) is 0 Å². The van der Waals surface area contributed by atoms with Crippen LogP contribution in [-0.4, -0.2) is 41.9 Å². The third kappa shape index (κ3) is 2.96.